The Morgan fingerprint density at radius 2 is 1.14 bits per heavy atom. The first-order valence-corrected chi connectivity index (χ1v) is 14.0. The maximum atomic E-state index is 11.9. The van der Waals surface area contributed by atoms with Crippen molar-refractivity contribution in [2.45, 2.75) is 130 Å². The minimum atomic E-state index is -1.04. The van der Waals surface area contributed by atoms with E-state index >= 15 is 0 Å². The topological polar surface area (TPSA) is 80.3 Å². The highest BCUT2D eigenvalue weighted by Gasteiger charge is 2.12. The Labute approximate surface area is 218 Å². The second-order valence-corrected chi connectivity index (χ2v) is 9.61. The highest BCUT2D eigenvalue weighted by atomic mass is 17.5. The van der Waals surface area contributed by atoms with Crippen molar-refractivity contribution < 1.29 is 33.9 Å². The SMILES string of the molecule is CCCCCCCCCCCCCCCCCCOC(=O)OOOC(=O)c1ccc(OC(C)C)cc1. The number of hydrogen-bond acceptors (Lipinski definition) is 7. The molecular formula is C29H48O7. The lowest BCUT2D eigenvalue weighted by Gasteiger charge is -2.09. The van der Waals surface area contributed by atoms with E-state index in [0.29, 0.717) is 5.75 Å². The van der Waals surface area contributed by atoms with Crippen LogP contribution in [-0.4, -0.2) is 24.8 Å². The normalized spacial score (nSPS) is 10.9. The van der Waals surface area contributed by atoms with Crippen molar-refractivity contribution in [1.82, 2.24) is 0 Å². The third-order valence-electron chi connectivity index (χ3n) is 5.89. The molecule has 0 N–H and O–H groups in total. The van der Waals surface area contributed by atoms with Crippen LogP contribution >= 0.6 is 0 Å². The number of benzene rings is 1. The van der Waals surface area contributed by atoms with E-state index < -0.39 is 12.1 Å². The molecule has 0 radical (unpaired) electrons. The molecule has 36 heavy (non-hydrogen) atoms. The number of carbonyl (C=O) groups is 2. The first-order valence-electron chi connectivity index (χ1n) is 14.0. The zero-order valence-electron chi connectivity index (χ0n) is 22.8. The van der Waals surface area contributed by atoms with Gasteiger partial charge in [-0.05, 0) is 44.5 Å². The van der Waals surface area contributed by atoms with E-state index in [0.717, 1.165) is 19.3 Å². The second-order valence-electron chi connectivity index (χ2n) is 9.61. The van der Waals surface area contributed by atoms with Gasteiger partial charge in [0.1, 0.15) is 5.75 Å². The molecule has 7 nitrogen and oxygen atoms in total. The van der Waals surface area contributed by atoms with Crippen LogP contribution in [0, 0.1) is 0 Å². The third kappa shape index (κ3) is 18.1. The zero-order valence-corrected chi connectivity index (χ0v) is 22.8. The van der Waals surface area contributed by atoms with Gasteiger partial charge in [-0.25, -0.2) is 14.5 Å². The maximum Gasteiger partial charge on any atom is 0.543 e. The predicted octanol–water partition coefficient (Wildman–Crippen LogP) is 8.89. The standard InChI is InChI=1S/C29H48O7/c1-4-5-6-7-8-9-10-11-12-13-14-15-16-17-18-19-24-32-29(31)35-36-34-28(30)26-20-22-27(23-21-26)33-25(2)3/h20-23,25H,4-19,24H2,1-3H3. The van der Waals surface area contributed by atoms with Crippen LogP contribution in [0.15, 0.2) is 24.3 Å². The Morgan fingerprint density at radius 3 is 1.61 bits per heavy atom. The summed E-state index contributed by atoms with van der Waals surface area (Å²) in [5, 5.41) is 4.23. The summed E-state index contributed by atoms with van der Waals surface area (Å²) >= 11 is 0. The van der Waals surface area contributed by atoms with Crippen LogP contribution in [0.1, 0.15) is 134 Å². The predicted molar refractivity (Wildman–Crippen MR) is 141 cm³/mol. The van der Waals surface area contributed by atoms with E-state index in [-0.39, 0.29) is 18.3 Å². The lowest BCUT2D eigenvalue weighted by Crippen LogP contribution is -2.12. The van der Waals surface area contributed by atoms with E-state index in [1.54, 1.807) is 12.1 Å². The molecule has 1 aromatic rings. The fourth-order valence-corrected chi connectivity index (χ4v) is 3.90. The Kier molecular flexibility index (Phi) is 19.4. The lowest BCUT2D eigenvalue weighted by atomic mass is 10.0. The summed E-state index contributed by atoms with van der Waals surface area (Å²) in [4.78, 5) is 32.1. The molecule has 0 aromatic heterocycles. The quantitative estimate of drug-likeness (QED) is 0.0669. The van der Waals surface area contributed by atoms with Crippen LogP contribution in [0.5, 0.6) is 5.75 Å². The number of ether oxygens (including phenoxy) is 2. The number of carbonyl (C=O) groups excluding carboxylic acids is 2. The molecule has 0 aliphatic heterocycles. The fourth-order valence-electron chi connectivity index (χ4n) is 3.90. The third-order valence-corrected chi connectivity index (χ3v) is 5.89. The van der Waals surface area contributed by atoms with E-state index in [4.69, 9.17) is 9.47 Å². The van der Waals surface area contributed by atoms with Crippen molar-refractivity contribution in [3.8, 4) is 5.75 Å². The molecule has 0 aliphatic carbocycles. The molecule has 0 heterocycles. The van der Waals surface area contributed by atoms with Gasteiger partial charge in [-0.3, -0.25) is 4.89 Å². The average molecular weight is 509 g/mol. The highest BCUT2D eigenvalue weighted by Crippen LogP contribution is 2.15. The van der Waals surface area contributed by atoms with Crippen molar-refractivity contribution in [2.24, 2.45) is 0 Å². The molecule has 206 valence electrons. The molecule has 0 amide bonds. The van der Waals surface area contributed by atoms with Gasteiger partial charge in [0.05, 0.1) is 23.3 Å². The van der Waals surface area contributed by atoms with Gasteiger partial charge in [0.15, 0.2) is 0 Å². The molecular weight excluding hydrogens is 460 g/mol. The first-order chi connectivity index (χ1) is 17.5. The van der Waals surface area contributed by atoms with Crippen LogP contribution in [0.4, 0.5) is 4.79 Å². The smallest absolute Gasteiger partial charge is 0.491 e. The van der Waals surface area contributed by atoms with Crippen LogP contribution < -0.4 is 4.74 Å². The summed E-state index contributed by atoms with van der Waals surface area (Å²) in [6.07, 6.45) is 19.5. The van der Waals surface area contributed by atoms with Gasteiger partial charge < -0.3 is 9.47 Å². The van der Waals surface area contributed by atoms with Crippen LogP contribution in [-0.2, 0) is 19.6 Å². The van der Waals surface area contributed by atoms with Crippen LogP contribution in [0.3, 0.4) is 0 Å². The molecule has 1 aromatic carbocycles. The van der Waals surface area contributed by atoms with Crippen molar-refractivity contribution in [3.63, 3.8) is 0 Å². The molecule has 0 saturated heterocycles. The molecule has 0 spiro atoms. The number of rotatable bonds is 22. The van der Waals surface area contributed by atoms with Crippen LogP contribution in [0.2, 0.25) is 0 Å². The molecule has 0 unspecified atom stereocenters. The Bertz CT molecular complexity index is 673. The zero-order chi connectivity index (χ0) is 26.3. The molecule has 0 fully saturated rings. The van der Waals surface area contributed by atoms with Gasteiger partial charge in [0.25, 0.3) is 0 Å². The number of hydrogen-bond donors (Lipinski definition) is 0. The van der Waals surface area contributed by atoms with Crippen molar-refractivity contribution in [2.75, 3.05) is 6.61 Å². The van der Waals surface area contributed by atoms with Crippen molar-refractivity contribution >= 4 is 12.1 Å². The molecule has 0 saturated carbocycles. The second kappa shape index (κ2) is 22.0. The van der Waals surface area contributed by atoms with Gasteiger partial charge in [-0.2, -0.15) is 0 Å². The summed E-state index contributed by atoms with van der Waals surface area (Å²) in [5.74, 6) is -0.159. The minimum Gasteiger partial charge on any atom is -0.491 e. The van der Waals surface area contributed by atoms with Gasteiger partial charge in [0.2, 0.25) is 0 Å². The Hall–Kier alpha value is -2.28. The highest BCUT2D eigenvalue weighted by molar-refractivity contribution is 5.89. The van der Waals surface area contributed by atoms with Gasteiger partial charge >= 0.3 is 12.1 Å². The lowest BCUT2D eigenvalue weighted by molar-refractivity contribution is -0.452. The fraction of sp³-hybridized carbons (Fsp3) is 0.724. The first kappa shape index (κ1) is 31.7. The van der Waals surface area contributed by atoms with Crippen molar-refractivity contribution in [1.29, 1.82) is 0 Å². The van der Waals surface area contributed by atoms with E-state index in [9.17, 15) is 9.59 Å². The molecule has 0 bridgehead atoms. The Morgan fingerprint density at radius 1 is 0.667 bits per heavy atom. The summed E-state index contributed by atoms with van der Waals surface area (Å²) in [7, 11) is 0. The summed E-state index contributed by atoms with van der Waals surface area (Å²) < 4.78 is 10.4. The minimum absolute atomic E-state index is 0.0322. The molecule has 0 aliphatic rings. The average Bonchev–Trinajstić information content (AvgIpc) is 2.86. The number of unbranched alkanes of at least 4 members (excludes halogenated alkanes) is 15. The summed E-state index contributed by atoms with van der Waals surface area (Å²) in [5.41, 5.74) is 0.233. The van der Waals surface area contributed by atoms with Crippen LogP contribution in [0.25, 0.3) is 0 Å². The maximum absolute atomic E-state index is 11.9. The van der Waals surface area contributed by atoms with Gasteiger partial charge in [0, 0.05) is 0 Å². The van der Waals surface area contributed by atoms with E-state index in [1.165, 1.54) is 95.6 Å². The summed E-state index contributed by atoms with van der Waals surface area (Å²) in [6, 6.07) is 6.34. The molecule has 7 heteroatoms. The monoisotopic (exact) mass is 508 g/mol. The van der Waals surface area contributed by atoms with E-state index in [1.807, 2.05) is 13.8 Å². The molecule has 1 rings (SSSR count). The Balaban J connectivity index is 1.87. The molecule has 0 atom stereocenters. The largest absolute Gasteiger partial charge is 0.543 e. The van der Waals surface area contributed by atoms with E-state index in [2.05, 4.69) is 21.7 Å². The van der Waals surface area contributed by atoms with Gasteiger partial charge in [-0.15, -0.1) is 0 Å². The van der Waals surface area contributed by atoms with Gasteiger partial charge in [-0.1, -0.05) is 103 Å². The van der Waals surface area contributed by atoms with Crippen molar-refractivity contribution in [3.05, 3.63) is 29.8 Å². The summed E-state index contributed by atoms with van der Waals surface area (Å²) in [6.45, 7) is 6.33.